The van der Waals surface area contributed by atoms with Crippen LogP contribution in [0.2, 0.25) is 0 Å². The molecule has 2 aromatic carbocycles. The SMILES string of the molecule is Cc1ccc(NC(=O)CN2CCN(S(=O)(=O)c3ccc(C(C)C)cc3)CC2)cc1F. The molecule has 6 nitrogen and oxygen atoms in total. The van der Waals surface area contributed by atoms with Gasteiger partial charge in [-0.3, -0.25) is 9.69 Å². The van der Waals surface area contributed by atoms with E-state index in [-0.39, 0.29) is 18.3 Å². The second-order valence-corrected chi connectivity index (χ2v) is 9.85. The molecule has 0 aliphatic carbocycles. The van der Waals surface area contributed by atoms with E-state index in [0.29, 0.717) is 48.2 Å². The smallest absolute Gasteiger partial charge is 0.243 e. The van der Waals surface area contributed by atoms with E-state index in [1.807, 2.05) is 17.0 Å². The summed E-state index contributed by atoms with van der Waals surface area (Å²) in [5.41, 5.74) is 2.02. The summed E-state index contributed by atoms with van der Waals surface area (Å²) in [4.78, 5) is 14.4. The van der Waals surface area contributed by atoms with E-state index < -0.39 is 10.0 Å². The average Bonchev–Trinajstić information content (AvgIpc) is 2.71. The number of carbonyl (C=O) groups excluding carboxylic acids is 1. The molecule has 162 valence electrons. The van der Waals surface area contributed by atoms with Crippen LogP contribution >= 0.6 is 0 Å². The molecule has 1 saturated heterocycles. The summed E-state index contributed by atoms with van der Waals surface area (Å²) >= 11 is 0. The number of piperazine rings is 1. The maximum absolute atomic E-state index is 13.6. The number of rotatable bonds is 6. The molecule has 0 radical (unpaired) electrons. The van der Waals surface area contributed by atoms with E-state index in [1.165, 1.54) is 10.4 Å². The van der Waals surface area contributed by atoms with Crippen LogP contribution in [0.5, 0.6) is 0 Å². The highest BCUT2D eigenvalue weighted by molar-refractivity contribution is 7.89. The van der Waals surface area contributed by atoms with Crippen molar-refractivity contribution in [1.82, 2.24) is 9.21 Å². The molecule has 1 aliphatic rings. The molecular weight excluding hydrogens is 405 g/mol. The third-order valence-corrected chi connectivity index (χ3v) is 7.25. The van der Waals surface area contributed by atoms with Gasteiger partial charge in [0.1, 0.15) is 5.82 Å². The number of carbonyl (C=O) groups is 1. The van der Waals surface area contributed by atoms with E-state index in [1.54, 1.807) is 31.2 Å². The number of hydrogen-bond donors (Lipinski definition) is 1. The molecule has 0 bridgehead atoms. The number of nitrogens with one attached hydrogen (secondary N) is 1. The highest BCUT2D eigenvalue weighted by Gasteiger charge is 2.29. The highest BCUT2D eigenvalue weighted by Crippen LogP contribution is 2.21. The first kappa shape index (κ1) is 22.4. The van der Waals surface area contributed by atoms with Crippen LogP contribution in [0.3, 0.4) is 0 Å². The second kappa shape index (κ2) is 9.24. The first-order chi connectivity index (χ1) is 14.2. The van der Waals surface area contributed by atoms with Gasteiger partial charge in [0.05, 0.1) is 11.4 Å². The van der Waals surface area contributed by atoms with Crippen LogP contribution in [0.15, 0.2) is 47.4 Å². The summed E-state index contributed by atoms with van der Waals surface area (Å²) in [6, 6.07) is 11.6. The van der Waals surface area contributed by atoms with Gasteiger partial charge in [0.25, 0.3) is 0 Å². The average molecular weight is 434 g/mol. The molecule has 1 N–H and O–H groups in total. The Kier molecular flexibility index (Phi) is 6.90. The van der Waals surface area contributed by atoms with Crippen LogP contribution in [0.4, 0.5) is 10.1 Å². The van der Waals surface area contributed by atoms with E-state index in [9.17, 15) is 17.6 Å². The summed E-state index contributed by atoms with van der Waals surface area (Å²) in [6.45, 7) is 7.47. The number of aryl methyl sites for hydroxylation is 1. The molecule has 0 saturated carbocycles. The zero-order valence-electron chi connectivity index (χ0n) is 17.6. The van der Waals surface area contributed by atoms with Crippen molar-refractivity contribution in [2.24, 2.45) is 0 Å². The van der Waals surface area contributed by atoms with Crippen molar-refractivity contribution >= 4 is 21.6 Å². The zero-order valence-corrected chi connectivity index (χ0v) is 18.4. The fourth-order valence-corrected chi connectivity index (χ4v) is 4.80. The largest absolute Gasteiger partial charge is 0.325 e. The Morgan fingerprint density at radius 2 is 1.70 bits per heavy atom. The van der Waals surface area contributed by atoms with E-state index >= 15 is 0 Å². The van der Waals surface area contributed by atoms with E-state index in [4.69, 9.17) is 0 Å². The van der Waals surface area contributed by atoms with Crippen LogP contribution in [-0.4, -0.2) is 56.3 Å². The summed E-state index contributed by atoms with van der Waals surface area (Å²) in [6.07, 6.45) is 0. The number of hydrogen-bond acceptors (Lipinski definition) is 4. The summed E-state index contributed by atoms with van der Waals surface area (Å²) in [5, 5.41) is 2.69. The van der Waals surface area contributed by atoms with Crippen LogP contribution in [0.25, 0.3) is 0 Å². The fraction of sp³-hybridized carbons (Fsp3) is 0.409. The standard InChI is InChI=1S/C22H28FN3O3S/c1-16(2)18-5-8-20(9-6-18)30(28,29)26-12-10-25(11-13-26)15-22(27)24-19-7-4-17(3)21(23)14-19/h4-9,14,16H,10-13,15H2,1-3H3,(H,24,27). The van der Waals surface area contributed by atoms with E-state index in [2.05, 4.69) is 19.2 Å². The lowest BCUT2D eigenvalue weighted by molar-refractivity contribution is -0.117. The van der Waals surface area contributed by atoms with Gasteiger partial charge in [0.15, 0.2) is 0 Å². The summed E-state index contributed by atoms with van der Waals surface area (Å²) in [5.74, 6) is -0.278. The molecule has 1 aliphatic heterocycles. The van der Waals surface area contributed by atoms with Crippen molar-refractivity contribution in [3.63, 3.8) is 0 Å². The first-order valence-corrected chi connectivity index (χ1v) is 11.5. The monoisotopic (exact) mass is 433 g/mol. The number of anilines is 1. The fourth-order valence-electron chi connectivity index (χ4n) is 3.38. The maximum atomic E-state index is 13.6. The molecule has 0 aromatic heterocycles. The number of halogens is 1. The van der Waals surface area contributed by atoms with E-state index in [0.717, 1.165) is 5.56 Å². The quantitative estimate of drug-likeness (QED) is 0.760. The molecule has 30 heavy (non-hydrogen) atoms. The van der Waals surface area contributed by atoms with Gasteiger partial charge in [0.2, 0.25) is 15.9 Å². The van der Waals surface area contributed by atoms with Crippen molar-refractivity contribution in [2.75, 3.05) is 38.0 Å². The van der Waals surface area contributed by atoms with Gasteiger partial charge >= 0.3 is 0 Å². The Bertz CT molecular complexity index is 999. The molecule has 3 rings (SSSR count). The van der Waals surface area contributed by atoms with Crippen molar-refractivity contribution in [3.8, 4) is 0 Å². The first-order valence-electron chi connectivity index (χ1n) is 10.1. The van der Waals surface area contributed by atoms with Crippen LogP contribution < -0.4 is 5.32 Å². The Balaban J connectivity index is 1.54. The maximum Gasteiger partial charge on any atom is 0.243 e. The van der Waals surface area contributed by atoms with Crippen LogP contribution in [-0.2, 0) is 14.8 Å². The van der Waals surface area contributed by atoms with Gasteiger partial charge in [-0.2, -0.15) is 4.31 Å². The predicted molar refractivity (Wildman–Crippen MR) is 115 cm³/mol. The molecule has 1 fully saturated rings. The minimum atomic E-state index is -3.55. The summed E-state index contributed by atoms with van der Waals surface area (Å²) in [7, 11) is -3.55. The van der Waals surface area contributed by atoms with Crippen LogP contribution in [0, 0.1) is 12.7 Å². The molecule has 1 amide bonds. The van der Waals surface area contributed by atoms with Crippen LogP contribution in [0.1, 0.15) is 30.9 Å². The van der Waals surface area contributed by atoms with Gasteiger partial charge in [-0.05, 0) is 48.2 Å². The lowest BCUT2D eigenvalue weighted by Crippen LogP contribution is -2.50. The zero-order chi connectivity index (χ0) is 21.9. The minimum Gasteiger partial charge on any atom is -0.325 e. The Labute approximate surface area is 177 Å². The van der Waals surface area contributed by atoms with Crippen molar-refractivity contribution < 1.29 is 17.6 Å². The number of amides is 1. The van der Waals surface area contributed by atoms with Gasteiger partial charge in [-0.25, -0.2) is 12.8 Å². The Morgan fingerprint density at radius 3 is 2.27 bits per heavy atom. The molecule has 0 atom stereocenters. The lowest BCUT2D eigenvalue weighted by atomic mass is 10.0. The van der Waals surface area contributed by atoms with Crippen molar-refractivity contribution in [1.29, 1.82) is 0 Å². The molecule has 0 unspecified atom stereocenters. The predicted octanol–water partition coefficient (Wildman–Crippen LogP) is 3.20. The Morgan fingerprint density at radius 1 is 1.07 bits per heavy atom. The topological polar surface area (TPSA) is 69.7 Å². The van der Waals surface area contributed by atoms with Crippen molar-refractivity contribution in [2.45, 2.75) is 31.6 Å². The minimum absolute atomic E-state index is 0.131. The third kappa shape index (κ3) is 5.24. The second-order valence-electron chi connectivity index (χ2n) is 7.92. The van der Waals surface area contributed by atoms with Gasteiger partial charge in [-0.15, -0.1) is 0 Å². The molecule has 0 spiro atoms. The van der Waals surface area contributed by atoms with Gasteiger partial charge in [-0.1, -0.05) is 32.0 Å². The lowest BCUT2D eigenvalue weighted by Gasteiger charge is -2.33. The third-order valence-electron chi connectivity index (χ3n) is 5.34. The number of nitrogens with zero attached hydrogens (tertiary/aromatic N) is 2. The van der Waals surface area contributed by atoms with Crippen molar-refractivity contribution in [3.05, 3.63) is 59.4 Å². The molecular formula is C22H28FN3O3S. The van der Waals surface area contributed by atoms with Gasteiger partial charge in [0, 0.05) is 31.9 Å². The summed E-state index contributed by atoms with van der Waals surface area (Å²) < 4.78 is 40.9. The number of benzene rings is 2. The molecule has 8 heteroatoms. The normalized spacial score (nSPS) is 16.0. The highest BCUT2D eigenvalue weighted by atomic mass is 32.2. The molecule has 2 aromatic rings. The molecule has 1 heterocycles. The van der Waals surface area contributed by atoms with Gasteiger partial charge < -0.3 is 5.32 Å². The number of sulfonamides is 1. The Hall–Kier alpha value is -2.29.